The molecule has 0 fully saturated rings. The number of ether oxygens (including phenoxy) is 3. The number of nitrogens with one attached hydrogen (secondary N) is 2. The van der Waals surface area contributed by atoms with Gasteiger partial charge in [-0.2, -0.15) is 0 Å². The summed E-state index contributed by atoms with van der Waals surface area (Å²) in [5.41, 5.74) is 1.98. The van der Waals surface area contributed by atoms with Crippen molar-refractivity contribution >= 4 is 46.2 Å². The van der Waals surface area contributed by atoms with Crippen molar-refractivity contribution in [2.75, 3.05) is 19.5 Å². The number of esters is 1. The molecule has 6 nitrogen and oxygen atoms in total. The lowest BCUT2D eigenvalue weighted by atomic mass is 10.0. The molecule has 4 rings (SSSR count). The Morgan fingerprint density at radius 2 is 1.78 bits per heavy atom. The summed E-state index contributed by atoms with van der Waals surface area (Å²) in [4.78, 5) is 17.4. The van der Waals surface area contributed by atoms with E-state index in [0.29, 0.717) is 49.8 Å². The fraction of sp³-hybridized carbons (Fsp3) is 0.185. The molecule has 0 aliphatic rings. The van der Waals surface area contributed by atoms with E-state index >= 15 is 0 Å². The fourth-order valence-corrected chi connectivity index (χ4v) is 5.06. The van der Waals surface area contributed by atoms with Crippen molar-refractivity contribution in [3.8, 4) is 11.5 Å². The summed E-state index contributed by atoms with van der Waals surface area (Å²) in [6, 6.07) is 15.1. The number of rotatable bonds is 10. The average molecular weight is 562 g/mol. The van der Waals surface area contributed by atoms with Gasteiger partial charge in [-0.05, 0) is 48.0 Å². The molecule has 0 unspecified atom stereocenters. The van der Waals surface area contributed by atoms with Gasteiger partial charge in [0.05, 0.1) is 14.2 Å². The zero-order valence-corrected chi connectivity index (χ0v) is 22.3. The SMILES string of the molecule is COc1ccc([C@H](Cc2c(Cl)c[nH+]cc2Cl)OC(=O)c2ccc(CNc3cccc(F)c3)s2)cc1OC. The van der Waals surface area contributed by atoms with Crippen molar-refractivity contribution in [1.82, 2.24) is 0 Å². The third-order valence-corrected chi connectivity index (χ3v) is 7.31. The summed E-state index contributed by atoms with van der Waals surface area (Å²) in [5.74, 6) is 0.242. The van der Waals surface area contributed by atoms with Crippen LogP contribution in [0.25, 0.3) is 0 Å². The summed E-state index contributed by atoms with van der Waals surface area (Å²) < 4.78 is 30.2. The predicted molar refractivity (Wildman–Crippen MR) is 142 cm³/mol. The fourth-order valence-electron chi connectivity index (χ4n) is 3.69. The Morgan fingerprint density at radius 3 is 2.49 bits per heavy atom. The van der Waals surface area contributed by atoms with Crippen molar-refractivity contribution in [2.45, 2.75) is 19.1 Å². The van der Waals surface area contributed by atoms with Crippen LogP contribution in [0, 0.1) is 5.82 Å². The molecule has 10 heteroatoms. The number of aromatic amines is 1. The molecule has 0 spiro atoms. The highest BCUT2D eigenvalue weighted by Crippen LogP contribution is 2.35. The first-order valence-corrected chi connectivity index (χ1v) is 12.8. The van der Waals surface area contributed by atoms with Crippen molar-refractivity contribution in [1.29, 1.82) is 0 Å². The summed E-state index contributed by atoms with van der Waals surface area (Å²) in [6.07, 6.45) is 2.77. The molecule has 0 aliphatic carbocycles. The number of halogens is 3. The van der Waals surface area contributed by atoms with E-state index in [0.717, 1.165) is 4.88 Å². The molecule has 0 aliphatic heterocycles. The molecular weight excluding hydrogens is 538 g/mol. The van der Waals surface area contributed by atoms with Crippen molar-refractivity contribution in [2.24, 2.45) is 0 Å². The molecule has 0 amide bonds. The van der Waals surface area contributed by atoms with E-state index in [1.165, 1.54) is 30.6 Å². The molecule has 2 aromatic heterocycles. The lowest BCUT2D eigenvalue weighted by molar-refractivity contribution is -0.377. The quantitative estimate of drug-likeness (QED) is 0.216. The predicted octanol–water partition coefficient (Wildman–Crippen LogP) is 6.78. The number of carbonyl (C=O) groups is 1. The topological polar surface area (TPSA) is 70.9 Å². The zero-order chi connectivity index (χ0) is 26.4. The van der Waals surface area contributed by atoms with Gasteiger partial charge >= 0.3 is 5.97 Å². The van der Waals surface area contributed by atoms with E-state index in [9.17, 15) is 9.18 Å². The van der Waals surface area contributed by atoms with Crippen LogP contribution < -0.4 is 19.8 Å². The standard InChI is InChI=1S/C27H23Cl2FN2O4S/c1-34-23-8-6-16(10-25(23)35-2)24(12-20-21(28)14-31-15-22(20)29)36-27(33)26-9-7-19(37-26)13-32-18-5-3-4-17(30)11-18/h3-11,14-15,24,32H,12-13H2,1-2H3/p+1/t24-/m0/s1. The van der Waals surface area contributed by atoms with Gasteiger partial charge in [-0.3, -0.25) is 0 Å². The lowest BCUT2D eigenvalue weighted by Crippen LogP contribution is -2.15. The van der Waals surface area contributed by atoms with E-state index in [1.54, 1.807) is 55.9 Å². The Morgan fingerprint density at radius 1 is 1.03 bits per heavy atom. The van der Waals surface area contributed by atoms with Crippen LogP contribution in [0.5, 0.6) is 11.5 Å². The molecule has 0 saturated carbocycles. The molecule has 1 atom stereocenters. The maximum Gasteiger partial charge on any atom is 0.348 e. The Hall–Kier alpha value is -3.33. The van der Waals surface area contributed by atoms with Crippen molar-refractivity contribution < 1.29 is 28.4 Å². The smallest absolute Gasteiger partial charge is 0.348 e. The number of carbonyl (C=O) groups excluding carboxylic acids is 1. The Bertz CT molecular complexity index is 1380. The third kappa shape index (κ3) is 6.71. The van der Waals surface area contributed by atoms with Gasteiger partial charge in [-0.25, -0.2) is 14.2 Å². The number of H-pyrrole nitrogens is 1. The van der Waals surface area contributed by atoms with E-state index in [1.807, 2.05) is 6.07 Å². The van der Waals surface area contributed by atoms with Crippen LogP contribution in [0.15, 0.2) is 67.0 Å². The molecule has 0 saturated heterocycles. The monoisotopic (exact) mass is 561 g/mol. The highest BCUT2D eigenvalue weighted by atomic mass is 35.5. The molecule has 2 heterocycles. The van der Waals surface area contributed by atoms with Gasteiger partial charge in [-0.1, -0.05) is 35.3 Å². The molecule has 192 valence electrons. The van der Waals surface area contributed by atoms with Gasteiger partial charge in [-0.15, -0.1) is 11.3 Å². The molecule has 0 radical (unpaired) electrons. The zero-order valence-electron chi connectivity index (χ0n) is 20.0. The average Bonchev–Trinajstić information content (AvgIpc) is 3.38. The molecule has 37 heavy (non-hydrogen) atoms. The van der Waals surface area contributed by atoms with E-state index in [2.05, 4.69) is 10.3 Å². The van der Waals surface area contributed by atoms with Gasteiger partial charge in [0, 0.05) is 29.1 Å². The van der Waals surface area contributed by atoms with E-state index < -0.39 is 12.1 Å². The van der Waals surface area contributed by atoms with Gasteiger partial charge in [0.1, 0.15) is 26.8 Å². The number of aromatic nitrogens is 1. The maximum atomic E-state index is 13.4. The molecule has 0 bridgehead atoms. The van der Waals surface area contributed by atoms with Gasteiger partial charge in [0.25, 0.3) is 0 Å². The Kier molecular flexibility index (Phi) is 8.87. The van der Waals surface area contributed by atoms with Gasteiger partial charge in [0.2, 0.25) is 0 Å². The van der Waals surface area contributed by atoms with Crippen LogP contribution in [-0.4, -0.2) is 20.2 Å². The number of anilines is 1. The summed E-state index contributed by atoms with van der Waals surface area (Å²) >= 11 is 14.1. The number of benzene rings is 2. The second-order valence-electron chi connectivity index (χ2n) is 7.97. The minimum absolute atomic E-state index is 0.243. The van der Waals surface area contributed by atoms with E-state index in [4.69, 9.17) is 37.4 Å². The van der Waals surface area contributed by atoms with Crippen LogP contribution in [0.2, 0.25) is 10.0 Å². The summed E-state index contributed by atoms with van der Waals surface area (Å²) in [7, 11) is 3.08. The van der Waals surface area contributed by atoms with Crippen LogP contribution >= 0.6 is 34.5 Å². The number of thiophene rings is 1. The summed E-state index contributed by atoms with van der Waals surface area (Å²) in [6.45, 7) is 0.437. The van der Waals surface area contributed by atoms with Crippen LogP contribution in [0.1, 0.15) is 31.8 Å². The number of hydrogen-bond donors (Lipinski definition) is 1. The highest BCUT2D eigenvalue weighted by molar-refractivity contribution is 7.13. The van der Waals surface area contributed by atoms with Crippen molar-refractivity contribution in [3.63, 3.8) is 0 Å². The first kappa shape index (κ1) is 26.7. The first-order valence-electron chi connectivity index (χ1n) is 11.2. The molecule has 2 N–H and O–H groups in total. The van der Waals surface area contributed by atoms with Crippen molar-refractivity contribution in [3.05, 3.63) is 104 Å². The largest absolute Gasteiger partial charge is 0.493 e. The second-order valence-corrected chi connectivity index (χ2v) is 9.95. The lowest BCUT2D eigenvalue weighted by Gasteiger charge is -2.20. The van der Waals surface area contributed by atoms with Crippen LogP contribution in [-0.2, 0) is 17.7 Å². The van der Waals surface area contributed by atoms with Gasteiger partial charge < -0.3 is 19.5 Å². The molecule has 4 aromatic rings. The summed E-state index contributed by atoms with van der Waals surface area (Å²) in [5, 5.41) is 4.00. The number of hydrogen-bond acceptors (Lipinski definition) is 6. The van der Waals surface area contributed by atoms with Crippen LogP contribution in [0.4, 0.5) is 10.1 Å². The van der Waals surface area contributed by atoms with E-state index in [-0.39, 0.29) is 12.2 Å². The minimum atomic E-state index is -0.708. The van der Waals surface area contributed by atoms with Crippen LogP contribution in [0.3, 0.4) is 0 Å². The normalized spacial score (nSPS) is 11.6. The van der Waals surface area contributed by atoms with Gasteiger partial charge in [0.15, 0.2) is 23.9 Å². The maximum absolute atomic E-state index is 13.4. The second kappa shape index (κ2) is 12.3. The number of pyridine rings is 1. The first-order chi connectivity index (χ1) is 17.9. The third-order valence-electron chi connectivity index (χ3n) is 5.57. The number of methoxy groups -OCH3 is 2. The highest BCUT2D eigenvalue weighted by Gasteiger charge is 2.24. The Balaban J connectivity index is 1.55. The molecule has 2 aromatic carbocycles. The Labute approximate surface area is 227 Å². The molecular formula is C27H24Cl2FN2O4S+. The minimum Gasteiger partial charge on any atom is -0.493 e.